The molecule has 2 rings (SSSR count). The lowest BCUT2D eigenvalue weighted by molar-refractivity contribution is 0.658. The molecule has 5 heteroatoms. The van der Waals surface area contributed by atoms with Gasteiger partial charge in [0, 0.05) is 31.3 Å². The van der Waals surface area contributed by atoms with E-state index in [1.54, 1.807) is 6.33 Å². The smallest absolute Gasteiger partial charge is 0.135 e. The van der Waals surface area contributed by atoms with E-state index in [1.165, 1.54) is 24.1 Å². The minimum Gasteiger partial charge on any atom is -0.388 e. The predicted octanol–water partition coefficient (Wildman–Crippen LogP) is 1.12. The fraction of sp³-hybridized carbons (Fsp3) is 0.583. The molecule has 0 spiro atoms. The highest BCUT2D eigenvalue weighted by molar-refractivity contribution is 5.77. The van der Waals surface area contributed by atoms with Gasteiger partial charge in [0.05, 0.1) is 5.84 Å². The Hall–Kier alpha value is -1.65. The van der Waals surface area contributed by atoms with Gasteiger partial charge in [-0.2, -0.15) is 0 Å². The molecular formula is C12H19N5. The Kier molecular flexibility index (Phi) is 3.56. The van der Waals surface area contributed by atoms with E-state index in [0.717, 1.165) is 25.2 Å². The zero-order chi connectivity index (χ0) is 12.3. The van der Waals surface area contributed by atoms with Gasteiger partial charge in [-0.25, -0.2) is 9.97 Å². The molecule has 0 unspecified atom stereocenters. The molecule has 0 saturated heterocycles. The summed E-state index contributed by atoms with van der Waals surface area (Å²) in [7, 11) is 2.00. The zero-order valence-electron chi connectivity index (χ0n) is 10.2. The van der Waals surface area contributed by atoms with Crippen molar-refractivity contribution in [1.82, 2.24) is 9.97 Å². The molecule has 0 aliphatic heterocycles. The largest absolute Gasteiger partial charge is 0.388 e. The lowest BCUT2D eigenvalue weighted by Crippen LogP contribution is -2.26. The van der Waals surface area contributed by atoms with Crippen molar-refractivity contribution in [2.45, 2.75) is 32.1 Å². The Morgan fingerprint density at radius 1 is 1.41 bits per heavy atom. The number of aromatic nitrogens is 2. The van der Waals surface area contributed by atoms with Crippen LogP contribution in [0.3, 0.4) is 0 Å². The quantitative estimate of drug-likeness (QED) is 0.603. The first kappa shape index (κ1) is 11.8. The first-order valence-corrected chi connectivity index (χ1v) is 6.05. The molecule has 1 aliphatic carbocycles. The zero-order valence-corrected chi connectivity index (χ0v) is 10.2. The molecule has 0 bridgehead atoms. The third-order valence-electron chi connectivity index (χ3n) is 3.18. The second kappa shape index (κ2) is 5.12. The van der Waals surface area contributed by atoms with Gasteiger partial charge in [-0.3, -0.25) is 5.41 Å². The van der Waals surface area contributed by atoms with Crippen LogP contribution in [0.4, 0.5) is 5.82 Å². The van der Waals surface area contributed by atoms with Crippen LogP contribution in [-0.2, 0) is 12.8 Å². The van der Waals surface area contributed by atoms with Gasteiger partial charge >= 0.3 is 0 Å². The molecule has 1 heterocycles. The van der Waals surface area contributed by atoms with Gasteiger partial charge in [0.15, 0.2) is 0 Å². The Morgan fingerprint density at radius 2 is 2.18 bits per heavy atom. The summed E-state index contributed by atoms with van der Waals surface area (Å²) in [4.78, 5) is 10.8. The van der Waals surface area contributed by atoms with Crippen molar-refractivity contribution in [1.29, 1.82) is 5.41 Å². The minimum atomic E-state index is 0.222. The molecule has 5 nitrogen and oxygen atoms in total. The van der Waals surface area contributed by atoms with E-state index in [2.05, 4.69) is 14.9 Å². The second-order valence-corrected chi connectivity index (χ2v) is 4.53. The maximum atomic E-state index is 7.26. The Balaban J connectivity index is 2.17. The van der Waals surface area contributed by atoms with E-state index in [9.17, 15) is 0 Å². The molecule has 0 fully saturated rings. The number of hydrogen-bond donors (Lipinski definition) is 2. The van der Waals surface area contributed by atoms with Crippen molar-refractivity contribution >= 4 is 11.7 Å². The van der Waals surface area contributed by atoms with E-state index < -0.39 is 0 Å². The van der Waals surface area contributed by atoms with Crippen molar-refractivity contribution in [3.63, 3.8) is 0 Å². The summed E-state index contributed by atoms with van der Waals surface area (Å²) in [6.07, 6.45) is 6.79. The van der Waals surface area contributed by atoms with Gasteiger partial charge in [-0.1, -0.05) is 0 Å². The Bertz CT molecular complexity index is 415. The topological polar surface area (TPSA) is 78.9 Å². The van der Waals surface area contributed by atoms with Crippen LogP contribution in [0.1, 0.15) is 30.5 Å². The van der Waals surface area contributed by atoms with Crippen LogP contribution in [0, 0.1) is 5.41 Å². The lowest BCUT2D eigenvalue weighted by atomic mass is 9.96. The van der Waals surface area contributed by atoms with Crippen LogP contribution in [0.5, 0.6) is 0 Å². The number of amidine groups is 1. The number of anilines is 1. The molecule has 0 saturated carbocycles. The number of nitrogens with two attached hydrogens (primary N) is 1. The van der Waals surface area contributed by atoms with Crippen molar-refractivity contribution in [2.24, 2.45) is 5.73 Å². The average molecular weight is 233 g/mol. The van der Waals surface area contributed by atoms with Gasteiger partial charge in [0.2, 0.25) is 0 Å². The summed E-state index contributed by atoms with van der Waals surface area (Å²) in [5, 5.41) is 7.26. The highest BCUT2D eigenvalue weighted by Gasteiger charge is 2.17. The molecule has 17 heavy (non-hydrogen) atoms. The number of aryl methyl sites for hydroxylation is 1. The first-order chi connectivity index (χ1) is 8.18. The van der Waals surface area contributed by atoms with E-state index in [-0.39, 0.29) is 5.84 Å². The SMILES string of the molecule is CN(CCC(=N)N)c1ncnc2c1CCCC2. The van der Waals surface area contributed by atoms with Crippen molar-refractivity contribution in [2.75, 3.05) is 18.5 Å². The van der Waals surface area contributed by atoms with E-state index >= 15 is 0 Å². The van der Waals surface area contributed by atoms with Crippen LogP contribution >= 0.6 is 0 Å². The summed E-state index contributed by atoms with van der Waals surface area (Å²) in [5.41, 5.74) is 7.85. The maximum absolute atomic E-state index is 7.26. The lowest BCUT2D eigenvalue weighted by Gasteiger charge is -2.24. The van der Waals surface area contributed by atoms with Crippen molar-refractivity contribution < 1.29 is 0 Å². The fourth-order valence-electron chi connectivity index (χ4n) is 2.23. The van der Waals surface area contributed by atoms with Crippen LogP contribution < -0.4 is 10.6 Å². The molecule has 0 atom stereocenters. The van der Waals surface area contributed by atoms with Crippen LogP contribution in [0.25, 0.3) is 0 Å². The third-order valence-corrected chi connectivity index (χ3v) is 3.18. The van der Waals surface area contributed by atoms with Gasteiger partial charge in [-0.15, -0.1) is 0 Å². The first-order valence-electron chi connectivity index (χ1n) is 6.05. The number of hydrogen-bond acceptors (Lipinski definition) is 4. The van der Waals surface area contributed by atoms with Crippen LogP contribution in [0.2, 0.25) is 0 Å². The summed E-state index contributed by atoms with van der Waals surface area (Å²) < 4.78 is 0. The maximum Gasteiger partial charge on any atom is 0.135 e. The highest BCUT2D eigenvalue weighted by atomic mass is 15.2. The number of nitrogens with zero attached hydrogens (tertiary/aromatic N) is 3. The number of rotatable bonds is 4. The molecule has 1 aromatic rings. The summed E-state index contributed by atoms with van der Waals surface area (Å²) in [5.74, 6) is 1.23. The van der Waals surface area contributed by atoms with Crippen LogP contribution in [-0.4, -0.2) is 29.4 Å². The molecule has 3 N–H and O–H groups in total. The Morgan fingerprint density at radius 3 is 2.94 bits per heavy atom. The van der Waals surface area contributed by atoms with E-state index in [4.69, 9.17) is 11.1 Å². The molecule has 0 radical (unpaired) electrons. The van der Waals surface area contributed by atoms with Gasteiger partial charge in [0.1, 0.15) is 12.1 Å². The van der Waals surface area contributed by atoms with Crippen molar-refractivity contribution in [3.8, 4) is 0 Å². The van der Waals surface area contributed by atoms with E-state index in [0.29, 0.717) is 6.42 Å². The van der Waals surface area contributed by atoms with E-state index in [1.807, 2.05) is 7.05 Å². The summed E-state index contributed by atoms with van der Waals surface area (Å²) >= 11 is 0. The summed E-state index contributed by atoms with van der Waals surface area (Å²) in [6, 6.07) is 0. The van der Waals surface area contributed by atoms with Crippen LogP contribution in [0.15, 0.2) is 6.33 Å². The fourth-order valence-corrected chi connectivity index (χ4v) is 2.23. The molecule has 0 amide bonds. The number of nitrogens with one attached hydrogen (secondary N) is 1. The highest BCUT2D eigenvalue weighted by Crippen LogP contribution is 2.26. The minimum absolute atomic E-state index is 0.222. The number of fused-ring (bicyclic) bond motifs is 1. The summed E-state index contributed by atoms with van der Waals surface area (Å²) in [6.45, 7) is 0.735. The predicted molar refractivity (Wildman–Crippen MR) is 68.5 cm³/mol. The molecule has 1 aliphatic rings. The molecule has 92 valence electrons. The normalized spacial score (nSPS) is 14.2. The molecular weight excluding hydrogens is 214 g/mol. The molecule has 1 aromatic heterocycles. The van der Waals surface area contributed by atoms with Gasteiger partial charge < -0.3 is 10.6 Å². The van der Waals surface area contributed by atoms with Gasteiger partial charge in [-0.05, 0) is 25.7 Å². The van der Waals surface area contributed by atoms with Crippen molar-refractivity contribution in [3.05, 3.63) is 17.6 Å². The standard InChI is InChI=1S/C12H19N5/c1-17(7-6-11(13)14)12-9-4-2-3-5-10(9)15-8-16-12/h8H,2-7H2,1H3,(H3,13,14). The Labute approximate surface area is 102 Å². The second-order valence-electron chi connectivity index (χ2n) is 4.53. The van der Waals surface area contributed by atoms with Gasteiger partial charge in [0.25, 0.3) is 0 Å². The average Bonchev–Trinajstić information content (AvgIpc) is 2.35. The molecule has 0 aromatic carbocycles. The third kappa shape index (κ3) is 2.72. The monoisotopic (exact) mass is 233 g/mol.